The number of benzene rings is 1. The zero-order valence-electron chi connectivity index (χ0n) is 18.4. The molecule has 1 aliphatic heterocycles. The molecular formula is C22H38IN5O. The summed E-state index contributed by atoms with van der Waals surface area (Å²) in [6, 6.07) is 11.4. The molecule has 2 rings (SSSR count). The number of halogens is 1. The van der Waals surface area contributed by atoms with Crippen LogP contribution in [0.25, 0.3) is 0 Å². The van der Waals surface area contributed by atoms with Crippen molar-refractivity contribution < 1.29 is 4.79 Å². The highest BCUT2D eigenvalue weighted by atomic mass is 127. The second-order valence-electron chi connectivity index (χ2n) is 7.57. The smallest absolute Gasteiger partial charge is 0.222 e. The van der Waals surface area contributed by atoms with Crippen molar-refractivity contribution in [2.45, 2.75) is 52.6 Å². The van der Waals surface area contributed by atoms with Gasteiger partial charge in [0.05, 0.1) is 6.54 Å². The number of nitrogens with one attached hydrogen (secondary N) is 2. The second-order valence-corrected chi connectivity index (χ2v) is 7.57. The fraction of sp³-hybridized carbons (Fsp3) is 0.636. The predicted molar refractivity (Wildman–Crippen MR) is 132 cm³/mol. The van der Waals surface area contributed by atoms with E-state index in [0.717, 1.165) is 45.1 Å². The van der Waals surface area contributed by atoms with E-state index in [1.807, 2.05) is 13.8 Å². The number of guanidine groups is 1. The number of carbonyl (C=O) groups is 1. The van der Waals surface area contributed by atoms with Crippen molar-refractivity contribution in [3.63, 3.8) is 0 Å². The number of hydrogen-bond acceptors (Lipinski definition) is 3. The van der Waals surface area contributed by atoms with Crippen LogP contribution in [0, 0.1) is 0 Å². The molecule has 6 nitrogen and oxygen atoms in total. The number of nitrogens with zero attached hydrogens (tertiary/aromatic N) is 3. The van der Waals surface area contributed by atoms with Crippen molar-refractivity contribution in [1.82, 2.24) is 20.4 Å². The SMILES string of the molecule is CCNC(=NCCC(=O)NC(C)C)N1CCN(C(CC)c2ccccc2)CC1.I. The van der Waals surface area contributed by atoms with E-state index in [1.165, 1.54) is 5.56 Å². The minimum Gasteiger partial charge on any atom is -0.357 e. The minimum absolute atomic E-state index is 0. The van der Waals surface area contributed by atoms with Crippen LogP contribution in [0.5, 0.6) is 0 Å². The first-order valence-electron chi connectivity index (χ1n) is 10.7. The number of amides is 1. The van der Waals surface area contributed by atoms with E-state index >= 15 is 0 Å². The molecule has 1 unspecified atom stereocenters. The lowest BCUT2D eigenvalue weighted by molar-refractivity contribution is -0.121. The van der Waals surface area contributed by atoms with E-state index in [-0.39, 0.29) is 35.9 Å². The topological polar surface area (TPSA) is 60.0 Å². The molecular weight excluding hydrogens is 477 g/mol. The number of rotatable bonds is 8. The maximum absolute atomic E-state index is 11.8. The van der Waals surface area contributed by atoms with Crippen LogP contribution in [0.3, 0.4) is 0 Å². The molecule has 0 radical (unpaired) electrons. The van der Waals surface area contributed by atoms with Gasteiger partial charge in [-0.05, 0) is 32.8 Å². The summed E-state index contributed by atoms with van der Waals surface area (Å²) in [7, 11) is 0. The Morgan fingerprint density at radius 2 is 1.76 bits per heavy atom. The Balaban J connectivity index is 0.00000420. The number of hydrogen-bond donors (Lipinski definition) is 2. The van der Waals surface area contributed by atoms with Crippen LogP contribution in [0.2, 0.25) is 0 Å². The zero-order chi connectivity index (χ0) is 20.4. The Hall–Kier alpha value is -1.35. The first kappa shape index (κ1) is 25.7. The third kappa shape index (κ3) is 8.50. The molecule has 1 atom stereocenters. The molecule has 1 heterocycles. The first-order valence-corrected chi connectivity index (χ1v) is 10.7. The maximum atomic E-state index is 11.8. The van der Waals surface area contributed by atoms with Gasteiger partial charge in [-0.1, -0.05) is 37.3 Å². The van der Waals surface area contributed by atoms with E-state index in [2.05, 4.69) is 69.6 Å². The molecule has 1 aliphatic rings. The lowest BCUT2D eigenvalue weighted by atomic mass is 10.0. The summed E-state index contributed by atoms with van der Waals surface area (Å²) < 4.78 is 0. The molecule has 1 fully saturated rings. The normalized spacial score (nSPS) is 16.3. The van der Waals surface area contributed by atoms with Crippen LogP contribution >= 0.6 is 24.0 Å². The molecule has 0 bridgehead atoms. The van der Waals surface area contributed by atoms with Gasteiger partial charge in [-0.2, -0.15) is 0 Å². The minimum atomic E-state index is 0. The lowest BCUT2D eigenvalue weighted by Crippen LogP contribution is -2.53. The number of carbonyl (C=O) groups excluding carboxylic acids is 1. The van der Waals surface area contributed by atoms with Gasteiger partial charge in [0.25, 0.3) is 0 Å². The maximum Gasteiger partial charge on any atom is 0.222 e. The van der Waals surface area contributed by atoms with E-state index in [9.17, 15) is 4.79 Å². The summed E-state index contributed by atoms with van der Waals surface area (Å²) >= 11 is 0. The molecule has 1 saturated heterocycles. The van der Waals surface area contributed by atoms with Crippen molar-refractivity contribution in [2.75, 3.05) is 39.3 Å². The number of piperazine rings is 1. The summed E-state index contributed by atoms with van der Waals surface area (Å²) in [5, 5.41) is 6.30. The van der Waals surface area contributed by atoms with E-state index in [1.54, 1.807) is 0 Å². The third-order valence-electron chi connectivity index (χ3n) is 5.01. The largest absolute Gasteiger partial charge is 0.357 e. The summed E-state index contributed by atoms with van der Waals surface area (Å²) in [6.45, 7) is 13.6. The molecule has 0 aliphatic carbocycles. The van der Waals surface area contributed by atoms with Crippen LogP contribution < -0.4 is 10.6 Å². The summed E-state index contributed by atoms with van der Waals surface area (Å²) in [4.78, 5) is 21.4. The van der Waals surface area contributed by atoms with Crippen molar-refractivity contribution in [3.05, 3.63) is 35.9 Å². The van der Waals surface area contributed by atoms with Gasteiger partial charge in [0.15, 0.2) is 5.96 Å². The van der Waals surface area contributed by atoms with Gasteiger partial charge in [-0.3, -0.25) is 14.7 Å². The van der Waals surface area contributed by atoms with Gasteiger partial charge >= 0.3 is 0 Å². The molecule has 2 N–H and O–H groups in total. The van der Waals surface area contributed by atoms with Gasteiger partial charge in [0.1, 0.15) is 0 Å². The standard InChI is InChI=1S/C22H37N5O.HI/c1-5-20(19-10-8-7-9-11-19)26-14-16-27(17-15-26)22(23-6-2)24-13-12-21(28)25-18(3)4;/h7-11,18,20H,5-6,12-17H2,1-4H3,(H,23,24)(H,25,28);1H. The van der Waals surface area contributed by atoms with Gasteiger partial charge in [-0.15, -0.1) is 24.0 Å². The molecule has 0 saturated carbocycles. The van der Waals surface area contributed by atoms with Gasteiger partial charge in [0, 0.05) is 51.2 Å². The molecule has 1 aromatic rings. The highest BCUT2D eigenvalue weighted by molar-refractivity contribution is 14.0. The van der Waals surface area contributed by atoms with Gasteiger partial charge in [-0.25, -0.2) is 0 Å². The molecule has 1 amide bonds. The van der Waals surface area contributed by atoms with Crippen LogP contribution in [-0.4, -0.2) is 67.0 Å². The van der Waals surface area contributed by atoms with Crippen LogP contribution in [-0.2, 0) is 4.79 Å². The first-order chi connectivity index (χ1) is 13.5. The van der Waals surface area contributed by atoms with Crippen molar-refractivity contribution in [3.8, 4) is 0 Å². The highest BCUT2D eigenvalue weighted by Crippen LogP contribution is 2.25. The van der Waals surface area contributed by atoms with E-state index < -0.39 is 0 Å². The van der Waals surface area contributed by atoms with Gasteiger partial charge < -0.3 is 15.5 Å². The Kier molecular flexibility index (Phi) is 12.2. The molecule has 0 spiro atoms. The van der Waals surface area contributed by atoms with E-state index in [4.69, 9.17) is 0 Å². The average molecular weight is 515 g/mol. The Labute approximate surface area is 193 Å². The quantitative estimate of drug-likeness (QED) is 0.317. The van der Waals surface area contributed by atoms with Crippen LogP contribution in [0.15, 0.2) is 35.3 Å². The summed E-state index contributed by atoms with van der Waals surface area (Å²) in [6.07, 6.45) is 1.54. The highest BCUT2D eigenvalue weighted by Gasteiger charge is 2.25. The fourth-order valence-corrected chi connectivity index (χ4v) is 3.71. The van der Waals surface area contributed by atoms with Crippen molar-refractivity contribution >= 4 is 35.8 Å². The van der Waals surface area contributed by atoms with E-state index in [0.29, 0.717) is 19.0 Å². The van der Waals surface area contributed by atoms with Crippen molar-refractivity contribution in [2.24, 2.45) is 4.99 Å². The molecule has 1 aromatic carbocycles. The Bertz CT molecular complexity index is 615. The fourth-order valence-electron chi connectivity index (χ4n) is 3.71. The molecule has 0 aromatic heterocycles. The van der Waals surface area contributed by atoms with Crippen molar-refractivity contribution in [1.29, 1.82) is 0 Å². The zero-order valence-corrected chi connectivity index (χ0v) is 20.7. The second kappa shape index (κ2) is 13.8. The van der Waals surface area contributed by atoms with Crippen LogP contribution in [0.1, 0.15) is 52.1 Å². The molecule has 7 heteroatoms. The number of aliphatic imine (C=N–C) groups is 1. The van der Waals surface area contributed by atoms with Crippen LogP contribution in [0.4, 0.5) is 0 Å². The summed E-state index contributed by atoms with van der Waals surface area (Å²) in [5.74, 6) is 0.986. The molecule has 164 valence electrons. The summed E-state index contributed by atoms with van der Waals surface area (Å²) in [5.41, 5.74) is 1.40. The monoisotopic (exact) mass is 515 g/mol. The lowest BCUT2D eigenvalue weighted by Gasteiger charge is -2.40. The Morgan fingerprint density at radius 1 is 1.10 bits per heavy atom. The molecule has 29 heavy (non-hydrogen) atoms. The van der Waals surface area contributed by atoms with Gasteiger partial charge in [0.2, 0.25) is 5.91 Å². The predicted octanol–water partition coefficient (Wildman–Crippen LogP) is 3.25. The Morgan fingerprint density at radius 3 is 2.31 bits per heavy atom. The average Bonchev–Trinajstić information content (AvgIpc) is 2.69. The third-order valence-corrected chi connectivity index (χ3v) is 5.01.